The zero-order valence-corrected chi connectivity index (χ0v) is 16.2. The molecule has 1 aromatic carbocycles. The molecule has 1 amide bonds. The summed E-state index contributed by atoms with van der Waals surface area (Å²) in [5.74, 6) is 0.494. The van der Waals surface area contributed by atoms with Gasteiger partial charge in [-0.3, -0.25) is 4.79 Å². The highest BCUT2D eigenvalue weighted by molar-refractivity contribution is 8.01. The van der Waals surface area contributed by atoms with Gasteiger partial charge < -0.3 is 15.0 Å². The van der Waals surface area contributed by atoms with Crippen LogP contribution in [0.2, 0.25) is 0 Å². The van der Waals surface area contributed by atoms with Crippen LogP contribution in [-0.2, 0) is 9.53 Å². The Hall–Kier alpha value is -1.64. The lowest BCUT2D eigenvalue weighted by Gasteiger charge is -2.35. The number of thioether (sulfide) groups is 1. The molecule has 8 heteroatoms. The number of para-hydroxylation sites is 1. The van der Waals surface area contributed by atoms with Crippen LogP contribution in [0.25, 0.3) is 0 Å². The quantitative estimate of drug-likeness (QED) is 0.805. The molecular weight excluding hydrogens is 356 g/mol. The number of benzene rings is 1. The van der Waals surface area contributed by atoms with Gasteiger partial charge in [0.2, 0.25) is 11.0 Å². The summed E-state index contributed by atoms with van der Waals surface area (Å²) in [6.45, 7) is 7.34. The molecule has 3 rings (SSSR count). The van der Waals surface area contributed by atoms with E-state index in [1.165, 1.54) is 23.1 Å². The standard InChI is InChI=1S/C17H22N4O2S2/c1-11-6-4-5-7-14(11)18-16-19-20-17(25-16)24-10-15(22)21-8-12(2)23-13(3)9-21/h4-7,12-13H,8-10H2,1-3H3,(H,18,19)/t12-,13-/m1/s1. The molecule has 1 aliphatic rings. The third-order valence-electron chi connectivity index (χ3n) is 3.88. The molecule has 0 bridgehead atoms. The van der Waals surface area contributed by atoms with Crippen LogP contribution in [-0.4, -0.2) is 52.1 Å². The summed E-state index contributed by atoms with van der Waals surface area (Å²) in [7, 11) is 0. The van der Waals surface area contributed by atoms with E-state index >= 15 is 0 Å². The number of nitrogens with zero attached hydrogens (tertiary/aromatic N) is 3. The van der Waals surface area contributed by atoms with Gasteiger partial charge in [-0.05, 0) is 32.4 Å². The topological polar surface area (TPSA) is 67.4 Å². The number of aromatic nitrogens is 2. The number of morpholine rings is 1. The molecule has 6 nitrogen and oxygen atoms in total. The number of ether oxygens (including phenoxy) is 1. The summed E-state index contributed by atoms with van der Waals surface area (Å²) in [6.07, 6.45) is 0.174. The lowest BCUT2D eigenvalue weighted by molar-refractivity contribution is -0.140. The Morgan fingerprint density at radius 3 is 2.76 bits per heavy atom. The fraction of sp³-hybridized carbons (Fsp3) is 0.471. The molecule has 2 atom stereocenters. The third-order valence-corrected chi connectivity index (χ3v) is 5.84. The van der Waals surface area contributed by atoms with Gasteiger partial charge in [0.1, 0.15) is 0 Å². The van der Waals surface area contributed by atoms with Crippen molar-refractivity contribution in [2.24, 2.45) is 0 Å². The maximum Gasteiger partial charge on any atom is 0.233 e. The second kappa shape index (κ2) is 8.16. The van der Waals surface area contributed by atoms with Gasteiger partial charge in [-0.1, -0.05) is 41.3 Å². The lowest BCUT2D eigenvalue weighted by atomic mass is 10.2. The van der Waals surface area contributed by atoms with E-state index in [4.69, 9.17) is 4.74 Å². The number of nitrogens with one attached hydrogen (secondary N) is 1. The first-order valence-corrected chi connectivity index (χ1v) is 10.0. The van der Waals surface area contributed by atoms with Crippen molar-refractivity contribution in [1.29, 1.82) is 0 Å². The molecule has 134 valence electrons. The van der Waals surface area contributed by atoms with Crippen molar-refractivity contribution >= 4 is 39.8 Å². The second-order valence-corrected chi connectivity index (χ2v) is 8.36. The molecule has 0 unspecified atom stereocenters. The number of carbonyl (C=O) groups excluding carboxylic acids is 1. The lowest BCUT2D eigenvalue weighted by Crippen LogP contribution is -2.48. The molecule has 1 aromatic heterocycles. The molecule has 2 aromatic rings. The Morgan fingerprint density at radius 2 is 2.04 bits per heavy atom. The zero-order chi connectivity index (χ0) is 17.8. The van der Waals surface area contributed by atoms with E-state index in [2.05, 4.69) is 15.5 Å². The Bertz CT molecular complexity index is 727. The summed E-state index contributed by atoms with van der Waals surface area (Å²) >= 11 is 2.89. The van der Waals surface area contributed by atoms with Crippen LogP contribution >= 0.6 is 23.1 Å². The maximum absolute atomic E-state index is 12.4. The first-order valence-electron chi connectivity index (χ1n) is 8.23. The normalized spacial score (nSPS) is 20.5. The molecule has 1 fully saturated rings. The van der Waals surface area contributed by atoms with Gasteiger partial charge in [0, 0.05) is 18.8 Å². The first kappa shape index (κ1) is 18.2. The Morgan fingerprint density at radius 1 is 1.32 bits per heavy atom. The van der Waals surface area contributed by atoms with Crippen LogP contribution in [0.15, 0.2) is 28.6 Å². The van der Waals surface area contributed by atoms with Crippen LogP contribution in [0.1, 0.15) is 19.4 Å². The fourth-order valence-corrected chi connectivity index (χ4v) is 4.41. The van der Waals surface area contributed by atoms with Gasteiger partial charge >= 0.3 is 0 Å². The van der Waals surface area contributed by atoms with E-state index in [1.54, 1.807) is 0 Å². The smallest absolute Gasteiger partial charge is 0.233 e. The minimum atomic E-state index is 0.0872. The van der Waals surface area contributed by atoms with Gasteiger partial charge in [0.25, 0.3) is 0 Å². The fourth-order valence-electron chi connectivity index (χ4n) is 2.74. The monoisotopic (exact) mass is 378 g/mol. The molecule has 0 aliphatic carbocycles. The molecule has 1 aliphatic heterocycles. The number of hydrogen-bond donors (Lipinski definition) is 1. The number of rotatable bonds is 5. The largest absolute Gasteiger partial charge is 0.372 e. The van der Waals surface area contributed by atoms with Gasteiger partial charge in [0.15, 0.2) is 4.34 Å². The highest BCUT2D eigenvalue weighted by Crippen LogP contribution is 2.29. The predicted molar refractivity (Wildman–Crippen MR) is 102 cm³/mol. The molecule has 0 saturated carbocycles. The molecule has 1 saturated heterocycles. The first-order chi connectivity index (χ1) is 12.0. The van der Waals surface area contributed by atoms with E-state index < -0.39 is 0 Å². The number of aryl methyl sites for hydroxylation is 1. The number of hydrogen-bond acceptors (Lipinski definition) is 7. The van der Waals surface area contributed by atoms with Crippen molar-refractivity contribution in [3.05, 3.63) is 29.8 Å². The maximum atomic E-state index is 12.4. The van der Waals surface area contributed by atoms with Crippen molar-refractivity contribution in [3.8, 4) is 0 Å². The number of anilines is 2. The van der Waals surface area contributed by atoms with E-state index in [0.717, 1.165) is 20.7 Å². The summed E-state index contributed by atoms with van der Waals surface area (Å²) < 4.78 is 6.46. The van der Waals surface area contributed by atoms with E-state index in [9.17, 15) is 4.79 Å². The third kappa shape index (κ3) is 4.93. The SMILES string of the molecule is Cc1ccccc1Nc1nnc(SCC(=O)N2C[C@@H](C)O[C@H](C)C2)s1. The van der Waals surface area contributed by atoms with Crippen molar-refractivity contribution in [2.45, 2.75) is 37.3 Å². The zero-order valence-electron chi connectivity index (χ0n) is 14.6. The Kier molecular flexibility index (Phi) is 5.93. The average molecular weight is 379 g/mol. The summed E-state index contributed by atoms with van der Waals surface area (Å²) in [4.78, 5) is 14.3. The average Bonchev–Trinajstić information content (AvgIpc) is 3.01. The number of amides is 1. The van der Waals surface area contributed by atoms with E-state index in [0.29, 0.717) is 18.8 Å². The van der Waals surface area contributed by atoms with Crippen molar-refractivity contribution in [1.82, 2.24) is 15.1 Å². The predicted octanol–water partition coefficient (Wildman–Crippen LogP) is 3.32. The second-order valence-electron chi connectivity index (χ2n) is 6.16. The molecule has 25 heavy (non-hydrogen) atoms. The molecule has 1 N–H and O–H groups in total. The van der Waals surface area contributed by atoms with Crippen LogP contribution in [0.4, 0.5) is 10.8 Å². The van der Waals surface area contributed by atoms with Crippen molar-refractivity contribution in [3.63, 3.8) is 0 Å². The minimum Gasteiger partial charge on any atom is -0.372 e. The number of carbonyl (C=O) groups is 1. The Labute approximate surface area is 156 Å². The van der Waals surface area contributed by atoms with Crippen LogP contribution in [0.5, 0.6) is 0 Å². The summed E-state index contributed by atoms with van der Waals surface area (Å²) in [5.41, 5.74) is 2.17. The highest BCUT2D eigenvalue weighted by atomic mass is 32.2. The minimum absolute atomic E-state index is 0.0872. The highest BCUT2D eigenvalue weighted by Gasteiger charge is 2.25. The summed E-state index contributed by atoms with van der Waals surface area (Å²) in [5, 5.41) is 12.3. The van der Waals surface area contributed by atoms with E-state index in [1.807, 2.05) is 49.9 Å². The van der Waals surface area contributed by atoms with Crippen LogP contribution in [0, 0.1) is 6.92 Å². The van der Waals surface area contributed by atoms with Crippen molar-refractivity contribution < 1.29 is 9.53 Å². The van der Waals surface area contributed by atoms with Gasteiger partial charge in [-0.2, -0.15) is 0 Å². The van der Waals surface area contributed by atoms with Gasteiger partial charge in [-0.25, -0.2) is 0 Å². The molecule has 0 radical (unpaired) electrons. The summed E-state index contributed by atoms with van der Waals surface area (Å²) in [6, 6.07) is 8.03. The molecule has 0 spiro atoms. The van der Waals surface area contributed by atoms with Crippen LogP contribution in [0.3, 0.4) is 0 Å². The van der Waals surface area contributed by atoms with Crippen molar-refractivity contribution in [2.75, 3.05) is 24.2 Å². The molecule has 2 heterocycles. The van der Waals surface area contributed by atoms with Crippen LogP contribution < -0.4 is 5.32 Å². The molecular formula is C17H22N4O2S2. The van der Waals surface area contributed by atoms with Gasteiger partial charge in [0.05, 0.1) is 18.0 Å². The van der Waals surface area contributed by atoms with Gasteiger partial charge in [-0.15, -0.1) is 10.2 Å². The Balaban J connectivity index is 1.53. The van der Waals surface area contributed by atoms with E-state index in [-0.39, 0.29) is 18.1 Å².